The number of nitrogens with two attached hydrogens (primary N) is 2. The Hall–Kier alpha value is -5.28. The van der Waals surface area contributed by atoms with Gasteiger partial charge in [-0.05, 0) is 90.3 Å². The molecule has 2 saturated heterocycles. The van der Waals surface area contributed by atoms with Crippen LogP contribution in [0.5, 0.6) is 34.5 Å². The highest BCUT2D eigenvalue weighted by Crippen LogP contribution is 2.43. The van der Waals surface area contributed by atoms with Crippen LogP contribution in [0.2, 0.25) is 0 Å². The molecule has 6 rings (SSSR count). The molecule has 4 aromatic rings. The lowest BCUT2D eigenvalue weighted by molar-refractivity contribution is 0.0607. The standard InChI is InChI=1S/C43H54N6O8.2ClH/c1-52-36-22-28(23-37(53-2)40(36)56-5)32-10-8-30(44)26-34(32)42(50)48-18-14-46(15-19-48)12-7-13-47-16-20-49(21-17-47)43(51)35-27-31(45)9-11-33(35)29-24-38(54-3)41(57-6)39(25-29)55-4;;/h8-11,22-27H,7,12-21,44-45H2,1-6H3;2*1H. The second-order valence-electron chi connectivity index (χ2n) is 14.1. The van der Waals surface area contributed by atoms with Crippen LogP contribution in [0.15, 0.2) is 60.7 Å². The van der Waals surface area contributed by atoms with Crippen LogP contribution in [-0.2, 0) is 0 Å². The Morgan fingerprint density at radius 2 is 0.814 bits per heavy atom. The summed E-state index contributed by atoms with van der Waals surface area (Å²) in [4.78, 5) is 36.5. The molecule has 2 aliphatic rings. The molecule has 2 aliphatic heterocycles. The number of nitrogen functional groups attached to an aromatic ring is 2. The highest BCUT2D eigenvalue weighted by molar-refractivity contribution is 6.03. The van der Waals surface area contributed by atoms with E-state index < -0.39 is 0 Å². The molecular formula is C43H56Cl2N6O8. The van der Waals surface area contributed by atoms with Crippen LogP contribution in [0.3, 0.4) is 0 Å². The lowest BCUT2D eigenvalue weighted by atomic mass is 9.97. The number of carbonyl (C=O) groups excluding carboxylic acids is 2. The second kappa shape index (κ2) is 21.1. The number of carbonyl (C=O) groups is 2. The van der Waals surface area contributed by atoms with E-state index in [-0.39, 0.29) is 36.6 Å². The predicted molar refractivity (Wildman–Crippen MR) is 236 cm³/mol. The van der Waals surface area contributed by atoms with Gasteiger partial charge in [0.2, 0.25) is 11.5 Å². The molecule has 0 spiro atoms. The van der Waals surface area contributed by atoms with Crippen molar-refractivity contribution in [3.8, 4) is 56.8 Å². The summed E-state index contributed by atoms with van der Waals surface area (Å²) < 4.78 is 33.3. The van der Waals surface area contributed by atoms with Crippen molar-refractivity contribution in [2.75, 3.05) is 120 Å². The normalized spacial score (nSPS) is 14.4. The van der Waals surface area contributed by atoms with Gasteiger partial charge in [0.1, 0.15) is 0 Å². The van der Waals surface area contributed by atoms with Gasteiger partial charge in [-0.3, -0.25) is 19.4 Å². The number of nitrogens with zero attached hydrogens (tertiary/aromatic N) is 4. The van der Waals surface area contributed by atoms with Crippen LogP contribution in [0.25, 0.3) is 22.3 Å². The van der Waals surface area contributed by atoms with Crippen molar-refractivity contribution in [1.29, 1.82) is 0 Å². The number of rotatable bonds is 14. The van der Waals surface area contributed by atoms with Crippen molar-refractivity contribution in [2.45, 2.75) is 6.42 Å². The highest BCUT2D eigenvalue weighted by atomic mass is 35.5. The molecule has 4 N–H and O–H groups in total. The third kappa shape index (κ3) is 10.3. The van der Waals surface area contributed by atoms with Gasteiger partial charge in [0.25, 0.3) is 11.8 Å². The van der Waals surface area contributed by atoms with E-state index >= 15 is 0 Å². The fraction of sp³-hybridized carbons (Fsp3) is 0.395. The number of amides is 2. The van der Waals surface area contributed by atoms with Crippen molar-refractivity contribution in [3.63, 3.8) is 0 Å². The predicted octanol–water partition coefficient (Wildman–Crippen LogP) is 5.69. The Labute approximate surface area is 359 Å². The summed E-state index contributed by atoms with van der Waals surface area (Å²) in [5, 5.41) is 0. The van der Waals surface area contributed by atoms with E-state index in [9.17, 15) is 9.59 Å². The average molecular weight is 856 g/mol. The van der Waals surface area contributed by atoms with E-state index in [2.05, 4.69) is 9.80 Å². The number of hydrogen-bond donors (Lipinski definition) is 2. The lowest BCUT2D eigenvalue weighted by Gasteiger charge is -2.37. The van der Waals surface area contributed by atoms with E-state index in [1.165, 1.54) is 0 Å². The van der Waals surface area contributed by atoms with Gasteiger partial charge in [0.05, 0.1) is 42.7 Å². The van der Waals surface area contributed by atoms with Crippen molar-refractivity contribution in [3.05, 3.63) is 71.8 Å². The molecule has 0 unspecified atom stereocenters. The van der Waals surface area contributed by atoms with Crippen LogP contribution in [0.4, 0.5) is 11.4 Å². The monoisotopic (exact) mass is 854 g/mol. The van der Waals surface area contributed by atoms with Gasteiger partial charge in [0, 0.05) is 74.9 Å². The van der Waals surface area contributed by atoms with Crippen LogP contribution < -0.4 is 39.9 Å². The topological polar surface area (TPSA) is 155 Å². The van der Waals surface area contributed by atoms with Gasteiger partial charge in [-0.15, -0.1) is 24.8 Å². The van der Waals surface area contributed by atoms with Crippen molar-refractivity contribution >= 4 is 48.0 Å². The van der Waals surface area contributed by atoms with Crippen molar-refractivity contribution in [2.24, 2.45) is 0 Å². The van der Waals surface area contributed by atoms with Crippen LogP contribution >= 0.6 is 24.8 Å². The zero-order valence-electron chi connectivity index (χ0n) is 34.6. The van der Waals surface area contributed by atoms with Gasteiger partial charge in [0.15, 0.2) is 23.0 Å². The summed E-state index contributed by atoms with van der Waals surface area (Å²) in [5.41, 5.74) is 17.5. The maximum atomic E-state index is 14.0. The lowest BCUT2D eigenvalue weighted by Crippen LogP contribution is -2.50. The van der Waals surface area contributed by atoms with Gasteiger partial charge < -0.3 is 49.7 Å². The molecule has 0 saturated carbocycles. The zero-order chi connectivity index (χ0) is 40.6. The van der Waals surface area contributed by atoms with E-state index in [1.54, 1.807) is 66.9 Å². The summed E-state index contributed by atoms with van der Waals surface area (Å²) in [6, 6.07) is 18.2. The molecule has 4 aromatic carbocycles. The smallest absolute Gasteiger partial charge is 0.254 e. The average Bonchev–Trinajstić information content (AvgIpc) is 3.25. The van der Waals surface area contributed by atoms with E-state index in [0.717, 1.165) is 67.9 Å². The number of benzene rings is 4. The van der Waals surface area contributed by atoms with Crippen molar-refractivity contribution < 1.29 is 38.0 Å². The van der Waals surface area contributed by atoms with Crippen LogP contribution in [0.1, 0.15) is 27.1 Å². The Bertz CT molecular complexity index is 1880. The molecule has 14 nitrogen and oxygen atoms in total. The van der Waals surface area contributed by atoms with Gasteiger partial charge in [-0.1, -0.05) is 12.1 Å². The molecule has 0 atom stereocenters. The fourth-order valence-corrected chi connectivity index (χ4v) is 7.66. The first kappa shape index (κ1) is 46.4. The first-order valence-corrected chi connectivity index (χ1v) is 19.1. The Morgan fingerprint density at radius 3 is 1.10 bits per heavy atom. The largest absolute Gasteiger partial charge is 0.493 e. The molecular weight excluding hydrogens is 799 g/mol. The summed E-state index contributed by atoms with van der Waals surface area (Å²) in [7, 11) is 9.39. The van der Waals surface area contributed by atoms with E-state index in [4.69, 9.17) is 39.9 Å². The minimum atomic E-state index is -0.0631. The number of halogens is 2. The molecule has 0 aromatic heterocycles. The molecule has 16 heteroatoms. The first-order chi connectivity index (χ1) is 27.6. The quantitative estimate of drug-likeness (QED) is 0.150. The van der Waals surface area contributed by atoms with Crippen LogP contribution in [-0.4, -0.2) is 140 Å². The number of piperazine rings is 2. The summed E-state index contributed by atoms with van der Waals surface area (Å²) in [6.45, 7) is 7.45. The molecule has 0 radical (unpaired) electrons. The molecule has 320 valence electrons. The third-order valence-corrected chi connectivity index (χ3v) is 10.8. The minimum Gasteiger partial charge on any atom is -0.493 e. The number of anilines is 2. The number of methoxy groups -OCH3 is 6. The molecule has 2 amide bonds. The minimum absolute atomic E-state index is 0. The maximum Gasteiger partial charge on any atom is 0.254 e. The van der Waals surface area contributed by atoms with Gasteiger partial charge in [-0.2, -0.15) is 0 Å². The molecule has 2 fully saturated rings. The maximum absolute atomic E-state index is 14.0. The van der Waals surface area contributed by atoms with Crippen LogP contribution in [0, 0.1) is 0 Å². The van der Waals surface area contributed by atoms with Gasteiger partial charge in [-0.25, -0.2) is 0 Å². The van der Waals surface area contributed by atoms with E-state index in [1.807, 2.05) is 46.2 Å². The molecule has 2 heterocycles. The summed E-state index contributed by atoms with van der Waals surface area (Å²) in [6.07, 6.45) is 0.989. The summed E-state index contributed by atoms with van der Waals surface area (Å²) in [5.74, 6) is 2.87. The molecule has 0 bridgehead atoms. The Balaban J connectivity index is 0.00000384. The first-order valence-electron chi connectivity index (χ1n) is 19.1. The molecule has 0 aliphatic carbocycles. The Morgan fingerprint density at radius 1 is 0.492 bits per heavy atom. The number of hydrogen-bond acceptors (Lipinski definition) is 12. The van der Waals surface area contributed by atoms with E-state index in [0.29, 0.717) is 83.2 Å². The fourth-order valence-electron chi connectivity index (χ4n) is 7.66. The van der Waals surface area contributed by atoms with Crippen molar-refractivity contribution in [1.82, 2.24) is 19.6 Å². The summed E-state index contributed by atoms with van der Waals surface area (Å²) >= 11 is 0. The Kier molecular flexibility index (Phi) is 16.6. The molecule has 59 heavy (non-hydrogen) atoms. The van der Waals surface area contributed by atoms with Gasteiger partial charge >= 0.3 is 0 Å². The highest BCUT2D eigenvalue weighted by Gasteiger charge is 2.28. The number of ether oxygens (including phenoxy) is 6. The SMILES string of the molecule is COc1cc(-c2ccc(N)cc2C(=O)N2CCN(CCCN3CCN(C(=O)c4cc(N)ccc4-c4cc(OC)c(OC)c(OC)c4)CC3)CC2)cc(OC)c1OC.Cl.Cl. The second-order valence-corrected chi connectivity index (χ2v) is 14.1. The third-order valence-electron chi connectivity index (χ3n) is 10.8. The zero-order valence-corrected chi connectivity index (χ0v) is 36.2.